The van der Waals surface area contributed by atoms with E-state index in [1.165, 1.54) is 4.90 Å². The summed E-state index contributed by atoms with van der Waals surface area (Å²) in [4.78, 5) is 40.4. The summed E-state index contributed by atoms with van der Waals surface area (Å²) in [6.07, 6.45) is 5.82. The molecule has 3 rings (SSSR count). The largest absolute Gasteiger partial charge is 0.495 e. The fraction of sp³-hybridized carbons (Fsp3) is 0.571. The third kappa shape index (κ3) is 4.04. The number of thioether (sulfide) groups is 1. The smallest absolute Gasteiger partial charge is 0.247 e. The second kappa shape index (κ2) is 8.99. The predicted molar refractivity (Wildman–Crippen MR) is 110 cm³/mol. The normalized spacial score (nSPS) is 22.8. The summed E-state index contributed by atoms with van der Waals surface area (Å²) in [6, 6.07) is 4.74. The van der Waals surface area contributed by atoms with Crippen LogP contribution in [0.2, 0.25) is 0 Å². The molecule has 6 nitrogen and oxygen atoms in total. The Bertz CT molecular complexity index is 743. The molecule has 1 aromatic rings. The van der Waals surface area contributed by atoms with Gasteiger partial charge in [-0.25, -0.2) is 0 Å². The molecular formula is C21H28N2O4S. The predicted octanol–water partition coefficient (Wildman–Crippen LogP) is 3.24. The number of carbonyl (C=O) groups is 3. The van der Waals surface area contributed by atoms with Crippen molar-refractivity contribution >= 4 is 35.2 Å². The monoisotopic (exact) mass is 404 g/mol. The molecule has 1 aromatic carbocycles. The zero-order chi connectivity index (χ0) is 20.3. The minimum absolute atomic E-state index is 0.174. The first-order chi connectivity index (χ1) is 13.5. The molecule has 3 amide bonds. The third-order valence-corrected chi connectivity index (χ3v) is 6.34. The van der Waals surface area contributed by atoms with Crippen molar-refractivity contribution < 1.29 is 19.1 Å². The maximum Gasteiger partial charge on any atom is 0.247 e. The summed E-state index contributed by atoms with van der Waals surface area (Å²) in [6.45, 7) is 1.93. The van der Waals surface area contributed by atoms with Crippen molar-refractivity contribution in [3.63, 3.8) is 0 Å². The van der Waals surface area contributed by atoms with Gasteiger partial charge in [-0.3, -0.25) is 19.3 Å². The number of rotatable bonds is 7. The summed E-state index contributed by atoms with van der Waals surface area (Å²) < 4.78 is 5.34. The van der Waals surface area contributed by atoms with Crippen LogP contribution in [0.5, 0.6) is 5.75 Å². The van der Waals surface area contributed by atoms with E-state index in [0.717, 1.165) is 31.2 Å². The number of amides is 3. The number of anilines is 1. The zero-order valence-electron chi connectivity index (χ0n) is 16.7. The molecule has 0 spiro atoms. The summed E-state index contributed by atoms with van der Waals surface area (Å²) in [7, 11) is 1.55. The molecule has 0 unspecified atom stereocenters. The third-order valence-electron chi connectivity index (χ3n) is 5.70. The number of imide groups is 1. The van der Waals surface area contributed by atoms with E-state index in [9.17, 15) is 14.4 Å². The van der Waals surface area contributed by atoms with E-state index in [0.29, 0.717) is 23.6 Å². The highest BCUT2D eigenvalue weighted by Gasteiger charge is 2.51. The number of benzene rings is 1. The Hall–Kier alpha value is -2.02. The fourth-order valence-corrected chi connectivity index (χ4v) is 4.70. The molecule has 1 heterocycles. The van der Waals surface area contributed by atoms with Crippen LogP contribution in [0, 0.1) is 18.8 Å². The molecule has 2 fully saturated rings. The highest BCUT2D eigenvalue weighted by Crippen LogP contribution is 2.39. The van der Waals surface area contributed by atoms with E-state index >= 15 is 0 Å². The molecule has 0 aromatic heterocycles. The average molecular weight is 405 g/mol. The minimum atomic E-state index is -0.789. The number of ether oxygens (including phenoxy) is 1. The minimum Gasteiger partial charge on any atom is -0.495 e. The lowest BCUT2D eigenvalue weighted by Gasteiger charge is -2.26. The van der Waals surface area contributed by atoms with Crippen molar-refractivity contribution in [2.45, 2.75) is 45.1 Å². The molecule has 0 bridgehead atoms. The van der Waals surface area contributed by atoms with Gasteiger partial charge in [-0.05, 0) is 55.9 Å². The van der Waals surface area contributed by atoms with Crippen molar-refractivity contribution in [1.82, 2.24) is 4.90 Å². The van der Waals surface area contributed by atoms with Gasteiger partial charge in [-0.15, -0.1) is 0 Å². The van der Waals surface area contributed by atoms with E-state index in [1.807, 2.05) is 25.3 Å². The molecule has 1 N–H and O–H groups in total. The van der Waals surface area contributed by atoms with Gasteiger partial charge in [0.1, 0.15) is 11.8 Å². The van der Waals surface area contributed by atoms with Crippen molar-refractivity contribution in [2.75, 3.05) is 24.4 Å². The van der Waals surface area contributed by atoms with E-state index in [-0.39, 0.29) is 29.6 Å². The Balaban J connectivity index is 1.85. The lowest BCUT2D eigenvalue weighted by molar-refractivity contribution is -0.146. The summed E-state index contributed by atoms with van der Waals surface area (Å²) in [5.41, 5.74) is 1.54. The molecule has 1 aliphatic carbocycles. The van der Waals surface area contributed by atoms with Gasteiger partial charge in [0, 0.05) is 0 Å². The van der Waals surface area contributed by atoms with Crippen LogP contribution in [-0.4, -0.2) is 47.8 Å². The second-order valence-corrected chi connectivity index (χ2v) is 8.52. The first kappa shape index (κ1) is 20.7. The van der Waals surface area contributed by atoms with Gasteiger partial charge in [-0.1, -0.05) is 18.9 Å². The highest BCUT2D eigenvalue weighted by atomic mass is 32.2. The summed E-state index contributed by atoms with van der Waals surface area (Å²) in [5.74, 6) is 0.0571. The molecule has 0 radical (unpaired) electrons. The topological polar surface area (TPSA) is 75.7 Å². The van der Waals surface area contributed by atoms with Crippen molar-refractivity contribution in [3.05, 3.63) is 23.8 Å². The van der Waals surface area contributed by atoms with Crippen molar-refractivity contribution in [2.24, 2.45) is 11.8 Å². The molecule has 3 atom stereocenters. The number of aryl methyl sites for hydroxylation is 1. The van der Waals surface area contributed by atoms with E-state index in [2.05, 4.69) is 5.32 Å². The second-order valence-electron chi connectivity index (χ2n) is 7.53. The Labute approximate surface area is 170 Å². The Morgan fingerprint density at radius 3 is 2.46 bits per heavy atom. The van der Waals surface area contributed by atoms with Crippen LogP contribution in [-0.2, 0) is 14.4 Å². The van der Waals surface area contributed by atoms with Crippen LogP contribution in [0.1, 0.15) is 37.7 Å². The van der Waals surface area contributed by atoms with Crippen LogP contribution in [0.25, 0.3) is 0 Å². The molecule has 2 aliphatic rings. The summed E-state index contributed by atoms with van der Waals surface area (Å²) in [5, 5.41) is 2.89. The molecule has 1 aliphatic heterocycles. The van der Waals surface area contributed by atoms with Gasteiger partial charge in [0.15, 0.2) is 0 Å². The van der Waals surface area contributed by atoms with Gasteiger partial charge in [0.05, 0.1) is 24.6 Å². The van der Waals surface area contributed by atoms with Crippen molar-refractivity contribution in [3.8, 4) is 5.75 Å². The Morgan fingerprint density at radius 1 is 1.25 bits per heavy atom. The molecule has 28 heavy (non-hydrogen) atoms. The maximum absolute atomic E-state index is 13.2. The van der Waals surface area contributed by atoms with Crippen LogP contribution in [0.3, 0.4) is 0 Å². The zero-order valence-corrected chi connectivity index (χ0v) is 17.5. The first-order valence-corrected chi connectivity index (χ1v) is 11.2. The first-order valence-electron chi connectivity index (χ1n) is 9.79. The fourth-order valence-electron chi connectivity index (χ4n) is 4.24. The van der Waals surface area contributed by atoms with Crippen molar-refractivity contribution in [1.29, 1.82) is 0 Å². The molecule has 152 valence electrons. The van der Waals surface area contributed by atoms with Gasteiger partial charge < -0.3 is 10.1 Å². The van der Waals surface area contributed by atoms with E-state index in [1.54, 1.807) is 24.9 Å². The molecule has 7 heteroatoms. The van der Waals surface area contributed by atoms with Crippen LogP contribution in [0.15, 0.2) is 18.2 Å². The van der Waals surface area contributed by atoms with E-state index in [4.69, 9.17) is 4.74 Å². The number of likely N-dealkylation sites (tertiary alicyclic amines) is 1. The lowest BCUT2D eigenvalue weighted by atomic mass is 9.81. The van der Waals surface area contributed by atoms with Gasteiger partial charge in [0.2, 0.25) is 17.7 Å². The van der Waals surface area contributed by atoms with Crippen LogP contribution in [0.4, 0.5) is 5.69 Å². The maximum atomic E-state index is 13.2. The average Bonchev–Trinajstić information content (AvgIpc) is 2.94. The number of hydrogen-bond donors (Lipinski definition) is 1. The number of hydrogen-bond acceptors (Lipinski definition) is 5. The molecule has 1 saturated carbocycles. The molecular weight excluding hydrogens is 376 g/mol. The van der Waals surface area contributed by atoms with Gasteiger partial charge >= 0.3 is 0 Å². The number of nitrogens with zero attached hydrogens (tertiary/aromatic N) is 1. The molecule has 1 saturated heterocycles. The van der Waals surface area contributed by atoms with Gasteiger partial charge in [-0.2, -0.15) is 11.8 Å². The Morgan fingerprint density at radius 2 is 1.89 bits per heavy atom. The summed E-state index contributed by atoms with van der Waals surface area (Å²) >= 11 is 1.60. The SMILES string of the molecule is COc1ccc(C)cc1NC(=O)[C@H](CCSC)N1C(=O)[C@@H]2CCCC[C@H]2C1=O. The number of nitrogens with one attached hydrogen (secondary N) is 1. The highest BCUT2D eigenvalue weighted by molar-refractivity contribution is 7.98. The van der Waals surface area contributed by atoms with Crippen LogP contribution >= 0.6 is 11.8 Å². The quantitative estimate of drug-likeness (QED) is 0.706. The van der Waals surface area contributed by atoms with Crippen LogP contribution < -0.4 is 10.1 Å². The van der Waals surface area contributed by atoms with E-state index < -0.39 is 6.04 Å². The number of carbonyl (C=O) groups excluding carboxylic acids is 3. The standard InChI is InChI=1S/C21H28N2O4S/c1-13-8-9-18(27-2)16(12-13)22-19(24)17(10-11-28-3)23-20(25)14-6-4-5-7-15(14)21(23)26/h8-9,12,14-15,17H,4-7,10-11H2,1-3H3,(H,22,24)/t14-,15-,17+/m1/s1. The number of fused-ring (bicyclic) bond motifs is 1. The van der Waals surface area contributed by atoms with Gasteiger partial charge in [0.25, 0.3) is 0 Å². The number of methoxy groups -OCH3 is 1. The lowest BCUT2D eigenvalue weighted by Crippen LogP contribution is -2.48. The Kier molecular flexibility index (Phi) is 6.65.